The van der Waals surface area contributed by atoms with E-state index in [1.807, 2.05) is 32.0 Å². The van der Waals surface area contributed by atoms with Gasteiger partial charge in [-0.25, -0.2) is 5.48 Å². The average molecular weight is 267 g/mol. The Morgan fingerprint density at radius 1 is 1.16 bits per heavy atom. The van der Waals surface area contributed by atoms with E-state index in [0.717, 1.165) is 5.75 Å². The van der Waals surface area contributed by atoms with Crippen LogP contribution in [0.1, 0.15) is 17.5 Å². The summed E-state index contributed by atoms with van der Waals surface area (Å²) in [5.74, 6) is 0.566. The zero-order valence-corrected chi connectivity index (χ0v) is 11.7. The maximum absolute atomic E-state index is 11.4. The molecule has 0 bridgehead atoms. The fraction of sp³-hybridized carbons (Fsp3) is 0.500. The van der Waals surface area contributed by atoms with Gasteiger partial charge in [0.2, 0.25) is 5.91 Å². The van der Waals surface area contributed by atoms with E-state index < -0.39 is 0 Å². The molecule has 0 fully saturated rings. The molecule has 0 aliphatic heterocycles. The second kappa shape index (κ2) is 8.50. The van der Waals surface area contributed by atoms with E-state index in [9.17, 15) is 4.79 Å². The third kappa shape index (κ3) is 6.22. The smallest absolute Gasteiger partial charge is 0.246 e. The van der Waals surface area contributed by atoms with E-state index in [2.05, 4.69) is 5.48 Å². The highest BCUT2D eigenvalue weighted by Gasteiger charge is 2.02. The molecule has 0 aliphatic rings. The molecule has 1 rings (SSSR count). The van der Waals surface area contributed by atoms with Crippen molar-refractivity contribution in [2.24, 2.45) is 0 Å². The molecule has 0 heterocycles. The van der Waals surface area contributed by atoms with Gasteiger partial charge in [0.05, 0.1) is 26.2 Å². The number of rotatable bonds is 8. The Hall–Kier alpha value is -1.59. The Balaban J connectivity index is 2.18. The van der Waals surface area contributed by atoms with Crippen LogP contribution in [0.4, 0.5) is 0 Å². The first-order chi connectivity index (χ1) is 9.13. The lowest BCUT2D eigenvalue weighted by Gasteiger charge is -2.08. The molecule has 0 saturated heterocycles. The molecule has 1 aromatic rings. The molecule has 0 aliphatic carbocycles. The molecule has 0 aromatic heterocycles. The molecule has 106 valence electrons. The highest BCUT2D eigenvalue weighted by molar-refractivity contribution is 5.74. The lowest BCUT2D eigenvalue weighted by atomic mass is 10.1. The topological polar surface area (TPSA) is 56.8 Å². The largest absolute Gasteiger partial charge is 0.493 e. The van der Waals surface area contributed by atoms with Gasteiger partial charge in [0.25, 0.3) is 0 Å². The molecule has 0 unspecified atom stereocenters. The fourth-order valence-electron chi connectivity index (χ4n) is 1.37. The predicted molar refractivity (Wildman–Crippen MR) is 72.0 cm³/mol. The molecule has 5 nitrogen and oxygen atoms in total. The second-order valence-corrected chi connectivity index (χ2v) is 4.21. The third-order valence-electron chi connectivity index (χ3n) is 2.65. The van der Waals surface area contributed by atoms with Gasteiger partial charge in [0, 0.05) is 7.11 Å². The van der Waals surface area contributed by atoms with E-state index in [1.165, 1.54) is 11.1 Å². The molecule has 0 saturated carbocycles. The van der Waals surface area contributed by atoms with Gasteiger partial charge < -0.3 is 9.47 Å². The second-order valence-electron chi connectivity index (χ2n) is 4.21. The summed E-state index contributed by atoms with van der Waals surface area (Å²) in [6, 6.07) is 5.86. The minimum Gasteiger partial charge on any atom is -0.493 e. The van der Waals surface area contributed by atoms with Crippen LogP contribution in [-0.2, 0) is 14.4 Å². The number of carbonyl (C=O) groups excluding carboxylic acids is 1. The monoisotopic (exact) mass is 267 g/mol. The van der Waals surface area contributed by atoms with Crippen molar-refractivity contribution in [3.05, 3.63) is 29.3 Å². The van der Waals surface area contributed by atoms with Crippen LogP contribution in [0.15, 0.2) is 18.2 Å². The van der Waals surface area contributed by atoms with E-state index in [4.69, 9.17) is 14.3 Å². The average Bonchev–Trinajstić information content (AvgIpc) is 2.39. The van der Waals surface area contributed by atoms with Crippen LogP contribution in [0.25, 0.3) is 0 Å². The number of ether oxygens (including phenoxy) is 2. The van der Waals surface area contributed by atoms with Crippen molar-refractivity contribution >= 4 is 5.91 Å². The number of hydrogen-bond donors (Lipinski definition) is 1. The molecule has 0 atom stereocenters. The van der Waals surface area contributed by atoms with Gasteiger partial charge in [-0.15, -0.1) is 0 Å². The maximum Gasteiger partial charge on any atom is 0.246 e. The Morgan fingerprint density at radius 2 is 1.95 bits per heavy atom. The summed E-state index contributed by atoms with van der Waals surface area (Å²) in [4.78, 5) is 16.3. The van der Waals surface area contributed by atoms with Crippen molar-refractivity contribution in [2.45, 2.75) is 20.3 Å². The van der Waals surface area contributed by atoms with Crippen molar-refractivity contribution in [2.75, 3.05) is 26.9 Å². The Morgan fingerprint density at radius 3 is 2.63 bits per heavy atom. The Kier molecular flexibility index (Phi) is 6.92. The fourth-order valence-corrected chi connectivity index (χ4v) is 1.37. The quantitative estimate of drug-likeness (QED) is 0.576. The normalized spacial score (nSPS) is 10.3. The number of nitrogens with one attached hydrogen (secondary N) is 1. The summed E-state index contributed by atoms with van der Waals surface area (Å²) in [5.41, 5.74) is 4.72. The van der Waals surface area contributed by atoms with Gasteiger partial charge in [0.15, 0.2) is 0 Å². The van der Waals surface area contributed by atoms with E-state index >= 15 is 0 Å². The zero-order valence-electron chi connectivity index (χ0n) is 11.7. The van der Waals surface area contributed by atoms with Gasteiger partial charge >= 0.3 is 0 Å². The molecule has 0 radical (unpaired) electrons. The van der Waals surface area contributed by atoms with E-state index in [0.29, 0.717) is 19.8 Å². The van der Waals surface area contributed by atoms with E-state index in [-0.39, 0.29) is 12.3 Å². The van der Waals surface area contributed by atoms with Crippen LogP contribution in [0.2, 0.25) is 0 Å². The van der Waals surface area contributed by atoms with Crippen LogP contribution >= 0.6 is 0 Å². The summed E-state index contributed by atoms with van der Waals surface area (Å²) < 4.78 is 10.3. The van der Waals surface area contributed by atoms with Gasteiger partial charge in [-0.1, -0.05) is 6.07 Å². The van der Waals surface area contributed by atoms with Crippen LogP contribution in [0, 0.1) is 13.8 Å². The number of carbonyl (C=O) groups is 1. The van der Waals surface area contributed by atoms with Crippen LogP contribution in [0.3, 0.4) is 0 Å². The summed E-state index contributed by atoms with van der Waals surface area (Å²) >= 11 is 0. The van der Waals surface area contributed by atoms with Gasteiger partial charge in [0.1, 0.15) is 5.75 Å². The highest BCUT2D eigenvalue weighted by Crippen LogP contribution is 2.16. The van der Waals surface area contributed by atoms with Gasteiger partial charge in [-0.05, 0) is 37.1 Å². The number of aryl methyl sites for hydroxylation is 2. The minimum atomic E-state index is -0.208. The molecule has 19 heavy (non-hydrogen) atoms. The third-order valence-corrected chi connectivity index (χ3v) is 2.65. The number of hydroxylamine groups is 1. The first-order valence-electron chi connectivity index (χ1n) is 6.23. The van der Waals surface area contributed by atoms with Crippen molar-refractivity contribution in [1.29, 1.82) is 0 Å². The first kappa shape index (κ1) is 15.5. The Labute approximate surface area is 113 Å². The van der Waals surface area contributed by atoms with Crippen molar-refractivity contribution < 1.29 is 19.1 Å². The molecule has 1 N–H and O–H groups in total. The molecular weight excluding hydrogens is 246 g/mol. The maximum atomic E-state index is 11.4. The number of hydrogen-bond acceptors (Lipinski definition) is 4. The molecular formula is C14H21NO4. The zero-order chi connectivity index (χ0) is 14.1. The molecule has 0 spiro atoms. The highest BCUT2D eigenvalue weighted by atomic mass is 16.7. The Bertz CT molecular complexity index is 406. The predicted octanol–water partition coefficient (Wildman–Crippen LogP) is 1.77. The van der Waals surface area contributed by atoms with Crippen LogP contribution in [-0.4, -0.2) is 32.8 Å². The standard InChI is InChI=1S/C14H21NO4/c1-11-4-5-13(10-12(11)2)18-7-6-14(16)15-19-9-8-17-3/h4-5,10H,6-9H2,1-3H3,(H,15,16). The SMILES string of the molecule is COCCONC(=O)CCOc1ccc(C)c(C)c1. The molecule has 5 heteroatoms. The van der Waals surface area contributed by atoms with E-state index in [1.54, 1.807) is 7.11 Å². The van der Waals surface area contributed by atoms with Crippen LogP contribution < -0.4 is 10.2 Å². The minimum absolute atomic E-state index is 0.208. The molecule has 1 aromatic carbocycles. The van der Waals surface area contributed by atoms with Crippen molar-refractivity contribution in [3.63, 3.8) is 0 Å². The van der Waals surface area contributed by atoms with Crippen molar-refractivity contribution in [3.8, 4) is 5.75 Å². The number of benzene rings is 1. The summed E-state index contributed by atoms with van der Waals surface area (Å²) in [7, 11) is 1.57. The summed E-state index contributed by atoms with van der Waals surface area (Å²) in [5, 5.41) is 0. The van der Waals surface area contributed by atoms with Crippen molar-refractivity contribution in [1.82, 2.24) is 5.48 Å². The lowest BCUT2D eigenvalue weighted by molar-refractivity contribution is -0.135. The lowest BCUT2D eigenvalue weighted by Crippen LogP contribution is -2.26. The van der Waals surface area contributed by atoms with Crippen LogP contribution in [0.5, 0.6) is 5.75 Å². The number of amides is 1. The molecule has 1 amide bonds. The number of methoxy groups -OCH3 is 1. The van der Waals surface area contributed by atoms with Gasteiger partial charge in [-0.3, -0.25) is 9.63 Å². The van der Waals surface area contributed by atoms with Gasteiger partial charge in [-0.2, -0.15) is 0 Å². The summed E-state index contributed by atoms with van der Waals surface area (Å²) in [6.45, 7) is 5.17. The summed E-state index contributed by atoms with van der Waals surface area (Å²) in [6.07, 6.45) is 0.250. The first-order valence-corrected chi connectivity index (χ1v) is 6.23.